The number of carbonyl (C=O) groups excluding carboxylic acids is 1. The van der Waals surface area contributed by atoms with Crippen molar-refractivity contribution in [2.24, 2.45) is 0 Å². The van der Waals surface area contributed by atoms with Crippen LogP contribution >= 0.6 is 0 Å². The van der Waals surface area contributed by atoms with E-state index in [0.717, 1.165) is 22.3 Å². The second-order valence-corrected chi connectivity index (χ2v) is 8.93. The second kappa shape index (κ2) is 7.60. The van der Waals surface area contributed by atoms with Crippen LogP contribution in [-0.4, -0.2) is 29.7 Å². The highest BCUT2D eigenvalue weighted by Crippen LogP contribution is 2.63. The van der Waals surface area contributed by atoms with E-state index < -0.39 is 11.2 Å². The van der Waals surface area contributed by atoms with Gasteiger partial charge in [-0.15, -0.1) is 0 Å². The molecule has 166 valence electrons. The number of hydrogen-bond acceptors (Lipinski definition) is 3. The maximum atomic E-state index is 13.6. The SMILES string of the molecule is CCOC(=O)N1C2CC=CCC1C1(c3ccccc3)OC2(c2ccccc2)c2ccccc21. The molecule has 4 bridgehead atoms. The van der Waals surface area contributed by atoms with Crippen molar-refractivity contribution in [3.63, 3.8) is 0 Å². The highest BCUT2D eigenvalue weighted by atomic mass is 16.6. The standard InChI is InChI=1S/C29H27NO3/c1-2-32-27(31)30-25-19-11-12-20-26(30)29(22-15-7-4-8-16-22)24-18-10-9-17-23(24)28(25,33-29)21-13-5-3-6-14-21/h3-18,25-26H,2,19-20H2,1H3. The number of amides is 1. The van der Waals surface area contributed by atoms with E-state index in [4.69, 9.17) is 9.47 Å². The zero-order valence-corrected chi connectivity index (χ0v) is 18.7. The smallest absolute Gasteiger partial charge is 0.410 e. The Kier molecular flexibility index (Phi) is 4.66. The number of fused-ring (bicyclic) bond motifs is 9. The monoisotopic (exact) mass is 437 g/mol. The summed E-state index contributed by atoms with van der Waals surface area (Å²) < 4.78 is 13.1. The zero-order chi connectivity index (χ0) is 22.5. The molecule has 1 fully saturated rings. The Hall–Kier alpha value is -3.37. The summed E-state index contributed by atoms with van der Waals surface area (Å²) in [6.07, 6.45) is 5.53. The fourth-order valence-electron chi connectivity index (χ4n) is 6.25. The lowest BCUT2D eigenvalue weighted by Gasteiger charge is -2.55. The molecule has 3 aromatic rings. The molecule has 4 atom stereocenters. The van der Waals surface area contributed by atoms with Crippen LogP contribution in [0.25, 0.3) is 0 Å². The van der Waals surface area contributed by atoms with E-state index in [0.29, 0.717) is 19.4 Å². The van der Waals surface area contributed by atoms with E-state index in [2.05, 4.69) is 60.7 Å². The number of nitrogens with zero attached hydrogens (tertiary/aromatic N) is 1. The molecule has 0 spiro atoms. The predicted octanol–water partition coefficient (Wildman–Crippen LogP) is 5.76. The molecule has 3 aliphatic heterocycles. The Labute approximate surface area is 194 Å². The molecule has 0 radical (unpaired) electrons. The van der Waals surface area contributed by atoms with Gasteiger partial charge in [0.05, 0.1) is 18.7 Å². The van der Waals surface area contributed by atoms with Crippen LogP contribution in [-0.2, 0) is 20.7 Å². The molecular formula is C29H27NO3. The van der Waals surface area contributed by atoms with Gasteiger partial charge >= 0.3 is 6.09 Å². The van der Waals surface area contributed by atoms with Crippen LogP contribution in [0.2, 0.25) is 0 Å². The number of morpholine rings is 1. The van der Waals surface area contributed by atoms with Crippen molar-refractivity contribution in [3.05, 3.63) is 119 Å². The summed E-state index contributed by atoms with van der Waals surface area (Å²) in [5.74, 6) is 0. The Morgan fingerprint density at radius 1 is 0.818 bits per heavy atom. The maximum Gasteiger partial charge on any atom is 0.410 e. The summed E-state index contributed by atoms with van der Waals surface area (Å²) in [6.45, 7) is 2.20. The Balaban J connectivity index is 1.72. The van der Waals surface area contributed by atoms with Crippen LogP contribution in [0.4, 0.5) is 4.79 Å². The van der Waals surface area contributed by atoms with Crippen molar-refractivity contribution in [2.45, 2.75) is 43.1 Å². The van der Waals surface area contributed by atoms with Gasteiger partial charge in [-0.05, 0) is 42.0 Å². The first-order valence-corrected chi connectivity index (χ1v) is 11.7. The van der Waals surface area contributed by atoms with Gasteiger partial charge in [-0.1, -0.05) is 97.1 Å². The molecule has 4 heteroatoms. The first kappa shape index (κ1) is 20.3. The van der Waals surface area contributed by atoms with Gasteiger partial charge in [0.15, 0.2) is 0 Å². The number of carbonyl (C=O) groups is 1. The molecule has 0 aromatic heterocycles. The van der Waals surface area contributed by atoms with Crippen molar-refractivity contribution in [3.8, 4) is 0 Å². The number of hydrogen-bond donors (Lipinski definition) is 0. The molecular weight excluding hydrogens is 410 g/mol. The quantitative estimate of drug-likeness (QED) is 0.489. The average molecular weight is 438 g/mol. The molecule has 4 unspecified atom stereocenters. The van der Waals surface area contributed by atoms with Crippen molar-refractivity contribution < 1.29 is 14.3 Å². The Morgan fingerprint density at radius 3 is 1.73 bits per heavy atom. The normalized spacial score (nSPS) is 29.3. The van der Waals surface area contributed by atoms with Crippen LogP contribution in [0.5, 0.6) is 0 Å². The van der Waals surface area contributed by atoms with Gasteiger partial charge in [-0.2, -0.15) is 0 Å². The largest absolute Gasteiger partial charge is 0.450 e. The van der Waals surface area contributed by atoms with Crippen LogP contribution in [0.1, 0.15) is 42.0 Å². The molecule has 0 aliphatic carbocycles. The highest BCUT2D eigenvalue weighted by Gasteiger charge is 2.69. The Morgan fingerprint density at radius 2 is 1.27 bits per heavy atom. The van der Waals surface area contributed by atoms with Gasteiger partial charge < -0.3 is 9.47 Å². The molecule has 3 aromatic carbocycles. The first-order chi connectivity index (χ1) is 16.2. The van der Waals surface area contributed by atoms with E-state index in [1.807, 2.05) is 48.2 Å². The predicted molar refractivity (Wildman–Crippen MR) is 127 cm³/mol. The van der Waals surface area contributed by atoms with Crippen molar-refractivity contribution in [2.75, 3.05) is 6.61 Å². The molecule has 0 saturated carbocycles. The number of ether oxygens (including phenoxy) is 2. The first-order valence-electron chi connectivity index (χ1n) is 11.7. The van der Waals surface area contributed by atoms with Crippen LogP contribution in [0.3, 0.4) is 0 Å². The third-order valence-electron chi connectivity index (χ3n) is 7.43. The molecule has 1 saturated heterocycles. The van der Waals surface area contributed by atoms with E-state index in [1.54, 1.807) is 0 Å². The summed E-state index contributed by atoms with van der Waals surface area (Å²) in [4.78, 5) is 15.6. The molecule has 3 aliphatic rings. The number of benzene rings is 3. The zero-order valence-electron chi connectivity index (χ0n) is 18.7. The minimum Gasteiger partial charge on any atom is -0.450 e. The van der Waals surface area contributed by atoms with Crippen LogP contribution in [0, 0.1) is 0 Å². The molecule has 3 heterocycles. The fourth-order valence-corrected chi connectivity index (χ4v) is 6.25. The van der Waals surface area contributed by atoms with Crippen LogP contribution in [0.15, 0.2) is 97.1 Å². The lowest BCUT2D eigenvalue weighted by atomic mass is 9.77. The molecule has 0 N–H and O–H groups in total. The third-order valence-corrected chi connectivity index (χ3v) is 7.43. The van der Waals surface area contributed by atoms with Gasteiger partial charge in [0.25, 0.3) is 0 Å². The molecule has 4 nitrogen and oxygen atoms in total. The summed E-state index contributed by atoms with van der Waals surface area (Å²) in [5.41, 5.74) is 2.79. The van der Waals surface area contributed by atoms with Gasteiger partial charge in [0.1, 0.15) is 11.2 Å². The summed E-state index contributed by atoms with van der Waals surface area (Å²) in [6, 6.07) is 28.8. The van der Waals surface area contributed by atoms with Crippen molar-refractivity contribution in [1.29, 1.82) is 0 Å². The number of rotatable bonds is 3. The Bertz CT molecular complexity index is 1120. The van der Waals surface area contributed by atoms with Gasteiger partial charge in [0, 0.05) is 0 Å². The second-order valence-electron chi connectivity index (χ2n) is 8.93. The molecule has 1 amide bonds. The van der Waals surface area contributed by atoms with E-state index >= 15 is 0 Å². The van der Waals surface area contributed by atoms with Gasteiger partial charge in [-0.25, -0.2) is 4.79 Å². The van der Waals surface area contributed by atoms with E-state index in [1.165, 1.54) is 0 Å². The maximum absolute atomic E-state index is 13.6. The highest BCUT2D eigenvalue weighted by molar-refractivity contribution is 5.72. The summed E-state index contributed by atoms with van der Waals surface area (Å²) in [7, 11) is 0. The lowest BCUT2D eigenvalue weighted by molar-refractivity contribution is -0.211. The summed E-state index contributed by atoms with van der Waals surface area (Å²) in [5, 5.41) is 0. The van der Waals surface area contributed by atoms with E-state index in [-0.39, 0.29) is 18.2 Å². The van der Waals surface area contributed by atoms with Crippen LogP contribution < -0.4 is 0 Å². The third kappa shape index (κ3) is 2.64. The van der Waals surface area contributed by atoms with Crippen molar-refractivity contribution >= 4 is 6.09 Å². The minimum atomic E-state index is -0.800. The topological polar surface area (TPSA) is 38.8 Å². The van der Waals surface area contributed by atoms with Crippen molar-refractivity contribution in [1.82, 2.24) is 4.90 Å². The summed E-state index contributed by atoms with van der Waals surface area (Å²) >= 11 is 0. The fraction of sp³-hybridized carbons (Fsp3) is 0.276. The van der Waals surface area contributed by atoms with Gasteiger partial charge in [0.2, 0.25) is 0 Å². The molecule has 6 rings (SSSR count). The van der Waals surface area contributed by atoms with E-state index in [9.17, 15) is 4.79 Å². The lowest BCUT2D eigenvalue weighted by Crippen LogP contribution is -2.66. The molecule has 33 heavy (non-hydrogen) atoms. The minimum absolute atomic E-state index is 0.219. The van der Waals surface area contributed by atoms with Gasteiger partial charge in [-0.3, -0.25) is 4.90 Å². The average Bonchev–Trinajstić information content (AvgIpc) is 2.99.